The van der Waals surface area contributed by atoms with Crippen molar-refractivity contribution in [2.75, 3.05) is 24.6 Å². The molecular formula is C5H8N2OS4. The highest BCUT2D eigenvalue weighted by molar-refractivity contribution is 8.77. The third-order valence-electron chi connectivity index (χ3n) is 1.47. The largest absolute Gasteiger partial charge is 0.341 e. The van der Waals surface area contributed by atoms with E-state index in [4.69, 9.17) is 0 Å². The van der Waals surface area contributed by atoms with Crippen LogP contribution in [0.2, 0.25) is 0 Å². The molecule has 0 radical (unpaired) electrons. The first-order valence-electron chi connectivity index (χ1n) is 3.56. The molecule has 3 nitrogen and oxygen atoms in total. The van der Waals surface area contributed by atoms with E-state index in [-0.39, 0.29) is 6.03 Å². The summed E-state index contributed by atoms with van der Waals surface area (Å²) in [5.74, 6) is 2.12. The van der Waals surface area contributed by atoms with Crippen LogP contribution in [0.25, 0.3) is 0 Å². The van der Waals surface area contributed by atoms with Crippen molar-refractivity contribution in [2.45, 2.75) is 0 Å². The molecule has 0 bridgehead atoms. The van der Waals surface area contributed by atoms with Gasteiger partial charge in [-0.3, -0.25) is 8.61 Å². The maximum atomic E-state index is 11.6. The van der Waals surface area contributed by atoms with Crippen molar-refractivity contribution in [3.63, 3.8) is 0 Å². The Morgan fingerprint density at radius 2 is 1.50 bits per heavy atom. The third kappa shape index (κ3) is 1.94. The summed E-state index contributed by atoms with van der Waals surface area (Å²) in [6, 6.07) is 0.167. The van der Waals surface area contributed by atoms with Gasteiger partial charge >= 0.3 is 6.03 Å². The molecule has 2 aliphatic heterocycles. The van der Waals surface area contributed by atoms with Gasteiger partial charge in [-0.25, -0.2) is 4.79 Å². The second-order valence-corrected chi connectivity index (χ2v) is 7.06. The van der Waals surface area contributed by atoms with Crippen molar-refractivity contribution in [1.29, 1.82) is 0 Å². The first-order chi connectivity index (χ1) is 5.88. The van der Waals surface area contributed by atoms with Crippen LogP contribution in [0.4, 0.5) is 4.79 Å². The van der Waals surface area contributed by atoms with Crippen molar-refractivity contribution in [1.82, 2.24) is 8.61 Å². The zero-order chi connectivity index (χ0) is 8.39. The monoisotopic (exact) mass is 240 g/mol. The van der Waals surface area contributed by atoms with Crippen molar-refractivity contribution in [3.8, 4) is 0 Å². The maximum absolute atomic E-state index is 11.6. The smallest absolute Gasteiger partial charge is 0.257 e. The average molecular weight is 240 g/mol. The van der Waals surface area contributed by atoms with Gasteiger partial charge in [0.1, 0.15) is 0 Å². The molecule has 2 aliphatic rings. The van der Waals surface area contributed by atoms with E-state index >= 15 is 0 Å². The Hall–Kier alpha value is 0.670. The number of amides is 2. The van der Waals surface area contributed by atoms with Gasteiger partial charge in [-0.1, -0.05) is 21.6 Å². The molecule has 0 aromatic rings. The molecule has 2 fully saturated rings. The number of carbonyl (C=O) groups excluding carboxylic acids is 1. The van der Waals surface area contributed by atoms with Crippen LogP contribution in [0.1, 0.15) is 0 Å². The van der Waals surface area contributed by atoms with Crippen LogP contribution >= 0.6 is 43.5 Å². The zero-order valence-electron chi connectivity index (χ0n) is 6.26. The van der Waals surface area contributed by atoms with Crippen LogP contribution in [0.3, 0.4) is 0 Å². The number of urea groups is 1. The number of hydrogen-bond acceptors (Lipinski definition) is 5. The summed E-state index contributed by atoms with van der Waals surface area (Å²) in [6.45, 7) is 1.77. The number of rotatable bonds is 0. The molecule has 7 heteroatoms. The van der Waals surface area contributed by atoms with Crippen LogP contribution < -0.4 is 0 Å². The summed E-state index contributed by atoms with van der Waals surface area (Å²) in [4.78, 5) is 11.6. The molecule has 0 N–H and O–H groups in total. The van der Waals surface area contributed by atoms with Gasteiger partial charge in [-0.2, -0.15) is 0 Å². The van der Waals surface area contributed by atoms with Crippen molar-refractivity contribution in [2.24, 2.45) is 0 Å². The number of hydrogen-bond donors (Lipinski definition) is 0. The molecule has 0 aliphatic carbocycles. The van der Waals surface area contributed by atoms with Gasteiger partial charge in [0.05, 0.1) is 0 Å². The van der Waals surface area contributed by atoms with E-state index in [0.29, 0.717) is 0 Å². The molecule has 0 aromatic carbocycles. The van der Waals surface area contributed by atoms with Crippen molar-refractivity contribution in [3.05, 3.63) is 0 Å². The molecule has 2 amide bonds. The first-order valence-corrected chi connectivity index (χ1v) is 8.11. The van der Waals surface area contributed by atoms with E-state index in [2.05, 4.69) is 0 Å². The second kappa shape index (κ2) is 4.26. The minimum Gasteiger partial charge on any atom is -0.257 e. The molecule has 2 rings (SSSR count). The Bertz CT molecular complexity index is 160. The number of carbonyl (C=O) groups is 1. The molecule has 0 saturated carbocycles. The van der Waals surface area contributed by atoms with E-state index in [1.807, 2.05) is 8.61 Å². The van der Waals surface area contributed by atoms with Crippen LogP contribution in [-0.4, -0.2) is 39.2 Å². The summed E-state index contributed by atoms with van der Waals surface area (Å²) in [5, 5.41) is 0. The fraction of sp³-hybridized carbons (Fsp3) is 0.800. The Labute approximate surface area is 87.4 Å². The Kier molecular flexibility index (Phi) is 3.27. The first kappa shape index (κ1) is 9.23. The summed E-state index contributed by atoms with van der Waals surface area (Å²) >= 11 is 0. The molecule has 0 spiro atoms. The molecule has 0 aromatic heterocycles. The lowest BCUT2D eigenvalue weighted by molar-refractivity contribution is 0.214. The predicted octanol–water partition coefficient (Wildman–Crippen LogP) is 2.33. The molecule has 12 heavy (non-hydrogen) atoms. The Morgan fingerprint density at radius 1 is 1.00 bits per heavy atom. The SMILES string of the molecule is O=C(N1CCSS1)N1CCSS1. The fourth-order valence-corrected chi connectivity index (χ4v) is 5.24. The maximum Gasteiger partial charge on any atom is 0.341 e. The van der Waals surface area contributed by atoms with Gasteiger partial charge in [0, 0.05) is 46.6 Å². The van der Waals surface area contributed by atoms with Crippen LogP contribution in [0.15, 0.2) is 0 Å². The van der Waals surface area contributed by atoms with E-state index in [1.165, 1.54) is 0 Å². The Balaban J connectivity index is 1.89. The molecular weight excluding hydrogens is 232 g/mol. The average Bonchev–Trinajstić information content (AvgIpc) is 2.77. The molecule has 2 heterocycles. The van der Waals surface area contributed by atoms with Crippen molar-refractivity contribution >= 4 is 49.6 Å². The summed E-state index contributed by atoms with van der Waals surface area (Å²) in [6.07, 6.45) is 0. The van der Waals surface area contributed by atoms with Crippen molar-refractivity contribution < 1.29 is 4.79 Å². The minimum atomic E-state index is 0.167. The Morgan fingerprint density at radius 3 is 1.83 bits per heavy atom. The highest BCUT2D eigenvalue weighted by Gasteiger charge is 2.28. The highest BCUT2D eigenvalue weighted by Crippen LogP contribution is 2.38. The van der Waals surface area contributed by atoms with E-state index < -0.39 is 0 Å². The topological polar surface area (TPSA) is 23.6 Å². The molecule has 2 saturated heterocycles. The summed E-state index contributed by atoms with van der Waals surface area (Å²) in [5.41, 5.74) is 0. The fourth-order valence-electron chi connectivity index (χ4n) is 0.896. The lowest BCUT2D eigenvalue weighted by Gasteiger charge is -2.19. The quantitative estimate of drug-likeness (QED) is 0.478. The van der Waals surface area contributed by atoms with Gasteiger partial charge < -0.3 is 0 Å². The second-order valence-electron chi connectivity index (χ2n) is 2.28. The van der Waals surface area contributed by atoms with E-state index in [9.17, 15) is 4.79 Å². The molecule has 0 atom stereocenters. The number of nitrogens with zero attached hydrogens (tertiary/aromatic N) is 2. The molecule has 68 valence electrons. The highest BCUT2D eigenvalue weighted by atomic mass is 33.1. The van der Waals surface area contributed by atoms with E-state index in [1.54, 1.807) is 43.5 Å². The van der Waals surface area contributed by atoms with Crippen LogP contribution in [0.5, 0.6) is 0 Å². The minimum absolute atomic E-state index is 0.167. The van der Waals surface area contributed by atoms with Crippen LogP contribution in [-0.2, 0) is 0 Å². The standard InChI is InChI=1S/C5H8N2OS4/c8-5(6-1-3-9-11-6)7-2-4-10-12-7/h1-4H2. The van der Waals surface area contributed by atoms with Gasteiger partial charge in [-0.15, -0.1) is 0 Å². The van der Waals surface area contributed by atoms with Gasteiger partial charge in [0.2, 0.25) is 0 Å². The van der Waals surface area contributed by atoms with Crippen LogP contribution in [0, 0.1) is 0 Å². The third-order valence-corrected chi connectivity index (χ3v) is 6.13. The summed E-state index contributed by atoms with van der Waals surface area (Å²) in [7, 11) is 6.64. The van der Waals surface area contributed by atoms with Gasteiger partial charge in [-0.05, 0) is 0 Å². The summed E-state index contributed by atoms with van der Waals surface area (Å²) < 4.78 is 3.67. The lowest BCUT2D eigenvalue weighted by Crippen LogP contribution is -2.33. The van der Waals surface area contributed by atoms with Gasteiger partial charge in [0.15, 0.2) is 0 Å². The molecule has 0 unspecified atom stereocenters. The van der Waals surface area contributed by atoms with Gasteiger partial charge in [0.25, 0.3) is 0 Å². The zero-order valence-corrected chi connectivity index (χ0v) is 9.53. The normalized spacial score (nSPS) is 23.7. The lowest BCUT2D eigenvalue weighted by atomic mass is 10.7. The predicted molar refractivity (Wildman–Crippen MR) is 58.9 cm³/mol. The van der Waals surface area contributed by atoms with E-state index in [0.717, 1.165) is 24.6 Å².